The van der Waals surface area contributed by atoms with Crippen molar-refractivity contribution in [2.45, 2.75) is 33.2 Å². The largest absolute Gasteiger partial charge is 0.356 e. The quantitative estimate of drug-likeness (QED) is 0.807. The van der Waals surface area contributed by atoms with Crippen LogP contribution in [0.4, 0.5) is 11.8 Å². The molecule has 5 nitrogen and oxygen atoms in total. The van der Waals surface area contributed by atoms with Crippen molar-refractivity contribution in [2.75, 3.05) is 23.3 Å². The van der Waals surface area contributed by atoms with Gasteiger partial charge in [0.15, 0.2) is 0 Å². The summed E-state index contributed by atoms with van der Waals surface area (Å²) >= 11 is 0. The Morgan fingerprint density at radius 3 is 2.57 bits per heavy atom. The van der Waals surface area contributed by atoms with E-state index in [0.29, 0.717) is 12.5 Å². The lowest BCUT2D eigenvalue weighted by atomic mass is 10.3. The number of nitrogens with zero attached hydrogens (tertiary/aromatic N) is 4. The number of hydrogen-bond donors (Lipinski definition) is 1. The molecule has 21 heavy (non-hydrogen) atoms. The number of pyridine rings is 1. The summed E-state index contributed by atoms with van der Waals surface area (Å²) in [5.74, 6) is 1.65. The fourth-order valence-corrected chi connectivity index (χ4v) is 2.18. The zero-order chi connectivity index (χ0) is 14.9. The van der Waals surface area contributed by atoms with Crippen LogP contribution in [-0.4, -0.2) is 28.0 Å². The maximum Gasteiger partial charge on any atom is 0.224 e. The van der Waals surface area contributed by atoms with E-state index >= 15 is 0 Å². The molecule has 2 aromatic heterocycles. The van der Waals surface area contributed by atoms with Gasteiger partial charge in [-0.1, -0.05) is 19.9 Å². The van der Waals surface area contributed by atoms with E-state index < -0.39 is 0 Å². The van der Waals surface area contributed by atoms with Gasteiger partial charge in [0.05, 0.1) is 0 Å². The summed E-state index contributed by atoms with van der Waals surface area (Å²) in [4.78, 5) is 15.3. The van der Waals surface area contributed by atoms with Crippen LogP contribution in [0.2, 0.25) is 0 Å². The molecule has 0 aromatic carbocycles. The SMILES string of the molecule is CCCN(CCC)c1ccnc(NCc2cccnc2)n1. The zero-order valence-corrected chi connectivity index (χ0v) is 12.8. The molecule has 2 heterocycles. The summed E-state index contributed by atoms with van der Waals surface area (Å²) in [7, 11) is 0. The number of anilines is 2. The predicted molar refractivity (Wildman–Crippen MR) is 86.4 cm³/mol. The van der Waals surface area contributed by atoms with E-state index in [1.165, 1.54) is 0 Å². The highest BCUT2D eigenvalue weighted by Crippen LogP contribution is 2.13. The van der Waals surface area contributed by atoms with Crippen LogP contribution in [0.1, 0.15) is 32.3 Å². The summed E-state index contributed by atoms with van der Waals surface area (Å²) in [6.07, 6.45) is 7.66. The van der Waals surface area contributed by atoms with Gasteiger partial charge < -0.3 is 10.2 Å². The van der Waals surface area contributed by atoms with Crippen molar-refractivity contribution in [3.63, 3.8) is 0 Å². The average molecular weight is 285 g/mol. The van der Waals surface area contributed by atoms with E-state index in [2.05, 4.69) is 39.0 Å². The predicted octanol–water partition coefficient (Wildman–Crippen LogP) is 3.11. The van der Waals surface area contributed by atoms with Crippen LogP contribution < -0.4 is 10.2 Å². The van der Waals surface area contributed by atoms with Crippen molar-refractivity contribution in [3.8, 4) is 0 Å². The third-order valence-corrected chi connectivity index (χ3v) is 3.13. The van der Waals surface area contributed by atoms with Crippen LogP contribution >= 0.6 is 0 Å². The van der Waals surface area contributed by atoms with E-state index in [0.717, 1.165) is 37.3 Å². The van der Waals surface area contributed by atoms with Crippen LogP contribution in [0, 0.1) is 0 Å². The van der Waals surface area contributed by atoms with Gasteiger partial charge in [-0.05, 0) is 30.5 Å². The van der Waals surface area contributed by atoms with Crippen molar-refractivity contribution in [2.24, 2.45) is 0 Å². The van der Waals surface area contributed by atoms with Crippen LogP contribution in [0.15, 0.2) is 36.8 Å². The maximum atomic E-state index is 4.61. The first-order valence-electron chi connectivity index (χ1n) is 7.54. The molecule has 0 atom stereocenters. The Labute approximate surface area is 126 Å². The van der Waals surface area contributed by atoms with E-state index in [1.54, 1.807) is 6.20 Å². The lowest BCUT2D eigenvalue weighted by molar-refractivity contribution is 0.733. The third-order valence-electron chi connectivity index (χ3n) is 3.13. The molecule has 2 rings (SSSR count). The second-order valence-electron chi connectivity index (χ2n) is 4.94. The Bertz CT molecular complexity index is 523. The van der Waals surface area contributed by atoms with Crippen molar-refractivity contribution in [1.29, 1.82) is 0 Å². The minimum atomic E-state index is 0.661. The van der Waals surface area contributed by atoms with E-state index in [1.807, 2.05) is 30.6 Å². The van der Waals surface area contributed by atoms with Crippen molar-refractivity contribution < 1.29 is 0 Å². The van der Waals surface area contributed by atoms with Gasteiger partial charge in [0.2, 0.25) is 5.95 Å². The molecule has 0 saturated heterocycles. The Kier molecular flexibility index (Phi) is 5.94. The maximum absolute atomic E-state index is 4.61. The Morgan fingerprint density at radius 2 is 1.90 bits per heavy atom. The smallest absolute Gasteiger partial charge is 0.224 e. The Balaban J connectivity index is 2.02. The van der Waals surface area contributed by atoms with Gasteiger partial charge in [0.1, 0.15) is 5.82 Å². The highest BCUT2D eigenvalue weighted by Gasteiger charge is 2.07. The first-order chi connectivity index (χ1) is 10.3. The first kappa shape index (κ1) is 15.2. The van der Waals surface area contributed by atoms with Gasteiger partial charge in [-0.25, -0.2) is 4.98 Å². The zero-order valence-electron chi connectivity index (χ0n) is 12.8. The fourth-order valence-electron chi connectivity index (χ4n) is 2.18. The lowest BCUT2D eigenvalue weighted by Gasteiger charge is -2.22. The average Bonchev–Trinajstić information content (AvgIpc) is 2.54. The molecular formula is C16H23N5. The summed E-state index contributed by atoms with van der Waals surface area (Å²) in [6.45, 7) is 7.09. The Hall–Kier alpha value is -2.17. The van der Waals surface area contributed by atoms with Crippen LogP contribution in [0.5, 0.6) is 0 Å². The van der Waals surface area contributed by atoms with Gasteiger partial charge in [-0.15, -0.1) is 0 Å². The summed E-state index contributed by atoms with van der Waals surface area (Å²) in [5, 5.41) is 3.25. The molecule has 2 aromatic rings. The molecule has 0 aliphatic rings. The molecule has 5 heteroatoms. The molecule has 0 saturated carbocycles. The first-order valence-corrected chi connectivity index (χ1v) is 7.54. The minimum absolute atomic E-state index is 0.661. The number of aromatic nitrogens is 3. The molecule has 0 fully saturated rings. The third kappa shape index (κ3) is 4.70. The molecule has 0 spiro atoms. The van der Waals surface area contributed by atoms with Gasteiger partial charge >= 0.3 is 0 Å². The summed E-state index contributed by atoms with van der Waals surface area (Å²) < 4.78 is 0. The van der Waals surface area contributed by atoms with Gasteiger partial charge in [-0.2, -0.15) is 4.98 Å². The number of nitrogens with one attached hydrogen (secondary N) is 1. The fraction of sp³-hybridized carbons (Fsp3) is 0.438. The topological polar surface area (TPSA) is 53.9 Å². The van der Waals surface area contributed by atoms with Crippen molar-refractivity contribution in [3.05, 3.63) is 42.4 Å². The second kappa shape index (κ2) is 8.19. The second-order valence-corrected chi connectivity index (χ2v) is 4.94. The van der Waals surface area contributed by atoms with Crippen LogP contribution in [-0.2, 0) is 6.54 Å². The normalized spacial score (nSPS) is 10.4. The molecule has 0 aliphatic carbocycles. The molecular weight excluding hydrogens is 262 g/mol. The molecule has 1 N–H and O–H groups in total. The van der Waals surface area contributed by atoms with Gasteiger partial charge in [0.25, 0.3) is 0 Å². The van der Waals surface area contributed by atoms with Gasteiger partial charge in [-0.3, -0.25) is 4.98 Å². The van der Waals surface area contributed by atoms with E-state index in [4.69, 9.17) is 0 Å². The molecule has 0 bridgehead atoms. The monoisotopic (exact) mass is 285 g/mol. The number of rotatable bonds is 8. The highest BCUT2D eigenvalue weighted by atomic mass is 15.2. The standard InChI is InChI=1S/C16H23N5/c1-3-10-21(11-4-2)15-7-9-18-16(20-15)19-13-14-6-5-8-17-12-14/h5-9,12H,3-4,10-11,13H2,1-2H3,(H,18,19,20). The Morgan fingerprint density at radius 1 is 1.10 bits per heavy atom. The molecule has 0 aliphatic heterocycles. The lowest BCUT2D eigenvalue weighted by Crippen LogP contribution is -2.26. The summed E-state index contributed by atoms with van der Waals surface area (Å²) in [5.41, 5.74) is 1.12. The van der Waals surface area contributed by atoms with Gasteiger partial charge in [0, 0.05) is 38.2 Å². The van der Waals surface area contributed by atoms with Crippen LogP contribution in [0.25, 0.3) is 0 Å². The van der Waals surface area contributed by atoms with Crippen molar-refractivity contribution in [1.82, 2.24) is 15.0 Å². The number of hydrogen-bond acceptors (Lipinski definition) is 5. The molecule has 0 unspecified atom stereocenters. The molecule has 112 valence electrons. The van der Waals surface area contributed by atoms with Crippen LogP contribution in [0.3, 0.4) is 0 Å². The highest BCUT2D eigenvalue weighted by molar-refractivity contribution is 5.42. The molecule has 0 amide bonds. The minimum Gasteiger partial charge on any atom is -0.356 e. The van der Waals surface area contributed by atoms with E-state index in [9.17, 15) is 0 Å². The summed E-state index contributed by atoms with van der Waals surface area (Å²) in [6, 6.07) is 5.93. The van der Waals surface area contributed by atoms with E-state index in [-0.39, 0.29) is 0 Å². The van der Waals surface area contributed by atoms with Crippen molar-refractivity contribution >= 4 is 11.8 Å². The molecule has 0 radical (unpaired) electrons.